The van der Waals surface area contributed by atoms with E-state index in [1.54, 1.807) is 74.7 Å². The van der Waals surface area contributed by atoms with Gasteiger partial charge in [0, 0.05) is 11.1 Å². The van der Waals surface area contributed by atoms with Crippen LogP contribution in [-0.2, 0) is 14.3 Å². The first-order valence-corrected chi connectivity index (χ1v) is 9.75. The van der Waals surface area contributed by atoms with Gasteiger partial charge in [-0.3, -0.25) is 0 Å². The van der Waals surface area contributed by atoms with Gasteiger partial charge in [0.25, 0.3) is 0 Å². The van der Waals surface area contributed by atoms with Gasteiger partial charge in [-0.1, -0.05) is 12.1 Å². The Labute approximate surface area is 179 Å². The maximum atomic E-state index is 12.3. The first-order chi connectivity index (χ1) is 15.1. The number of esters is 2. The van der Waals surface area contributed by atoms with Crippen LogP contribution >= 0.6 is 0 Å². The minimum atomic E-state index is -0.442. The van der Waals surface area contributed by atoms with Crippen molar-refractivity contribution >= 4 is 23.8 Å². The number of ether oxygens (including phenoxy) is 3. The number of furan rings is 1. The lowest BCUT2D eigenvalue weighted by Gasteiger charge is -2.03. The average Bonchev–Trinajstić information content (AvgIpc) is 3.41. The molecule has 0 aliphatic carbocycles. The highest BCUT2D eigenvalue weighted by Gasteiger charge is 2.22. The van der Waals surface area contributed by atoms with E-state index in [9.17, 15) is 9.59 Å². The first kappa shape index (κ1) is 20.2. The molecule has 0 fully saturated rings. The highest BCUT2D eigenvalue weighted by atomic mass is 16.5. The molecular weight excluding hydrogens is 396 g/mol. The number of rotatable bonds is 6. The number of carbonyl (C=O) groups is 2. The molecule has 0 saturated carbocycles. The first-order valence-electron chi connectivity index (χ1n) is 9.75. The summed E-state index contributed by atoms with van der Waals surface area (Å²) in [6, 6.07) is 17.8. The van der Waals surface area contributed by atoms with Crippen molar-refractivity contribution in [2.45, 2.75) is 6.92 Å². The van der Waals surface area contributed by atoms with Gasteiger partial charge in [-0.05, 0) is 67.6 Å². The largest absolute Gasteiger partial charge is 0.497 e. The SMILES string of the molecule is CCOC(=O)c1ccc(-c2ccc(/C=C3\C=C(c4ccc(OC)cc4)OC3=O)o2)cc1. The molecular formula is C25H20O6. The molecule has 1 aliphatic rings. The highest BCUT2D eigenvalue weighted by Crippen LogP contribution is 2.30. The zero-order valence-corrected chi connectivity index (χ0v) is 17.1. The van der Waals surface area contributed by atoms with Crippen LogP contribution in [0.5, 0.6) is 5.75 Å². The Morgan fingerprint density at radius 1 is 0.968 bits per heavy atom. The van der Waals surface area contributed by atoms with Gasteiger partial charge >= 0.3 is 11.9 Å². The van der Waals surface area contributed by atoms with Crippen molar-refractivity contribution < 1.29 is 28.2 Å². The second kappa shape index (κ2) is 8.75. The van der Waals surface area contributed by atoms with Gasteiger partial charge in [-0.15, -0.1) is 0 Å². The number of benzene rings is 2. The molecule has 2 heterocycles. The Balaban J connectivity index is 1.52. The maximum Gasteiger partial charge on any atom is 0.343 e. The Hall–Kier alpha value is -4.06. The molecule has 0 saturated heterocycles. The molecule has 4 rings (SSSR count). The molecule has 6 heteroatoms. The lowest BCUT2D eigenvalue weighted by molar-refractivity contribution is -0.130. The minimum absolute atomic E-state index is 0.327. The zero-order valence-electron chi connectivity index (χ0n) is 17.1. The predicted molar refractivity (Wildman–Crippen MR) is 115 cm³/mol. The molecule has 0 bridgehead atoms. The molecule has 31 heavy (non-hydrogen) atoms. The van der Waals surface area contributed by atoms with Crippen LogP contribution in [0.3, 0.4) is 0 Å². The summed E-state index contributed by atoms with van der Waals surface area (Å²) in [7, 11) is 1.59. The van der Waals surface area contributed by atoms with E-state index < -0.39 is 5.97 Å². The molecule has 2 aromatic carbocycles. The van der Waals surface area contributed by atoms with E-state index >= 15 is 0 Å². The van der Waals surface area contributed by atoms with E-state index in [1.165, 1.54) is 0 Å². The molecule has 0 N–H and O–H groups in total. The highest BCUT2D eigenvalue weighted by molar-refractivity contribution is 6.04. The quantitative estimate of drug-likeness (QED) is 0.410. The second-order valence-corrected chi connectivity index (χ2v) is 6.73. The Morgan fingerprint density at radius 3 is 2.35 bits per heavy atom. The van der Waals surface area contributed by atoms with Gasteiger partial charge in [-0.2, -0.15) is 0 Å². The Morgan fingerprint density at radius 2 is 1.68 bits per heavy atom. The van der Waals surface area contributed by atoms with Gasteiger partial charge in [0.2, 0.25) is 0 Å². The average molecular weight is 416 g/mol. The molecule has 0 unspecified atom stereocenters. The third-order valence-corrected chi connectivity index (χ3v) is 4.70. The van der Waals surface area contributed by atoms with Crippen molar-refractivity contribution in [2.24, 2.45) is 0 Å². The van der Waals surface area contributed by atoms with E-state index in [0.29, 0.717) is 35.0 Å². The lowest BCUT2D eigenvalue weighted by atomic mass is 10.1. The van der Waals surface area contributed by atoms with Crippen LogP contribution in [0.2, 0.25) is 0 Å². The summed E-state index contributed by atoms with van der Waals surface area (Å²) in [6.07, 6.45) is 3.32. The normalized spacial score (nSPS) is 14.3. The van der Waals surface area contributed by atoms with Crippen LogP contribution in [0.15, 0.2) is 76.7 Å². The van der Waals surface area contributed by atoms with E-state index in [1.807, 2.05) is 12.1 Å². The summed E-state index contributed by atoms with van der Waals surface area (Å²) in [6.45, 7) is 2.09. The summed E-state index contributed by atoms with van der Waals surface area (Å²) in [5, 5.41) is 0. The minimum Gasteiger partial charge on any atom is -0.497 e. The number of hydrogen-bond donors (Lipinski definition) is 0. The van der Waals surface area contributed by atoms with Crippen molar-refractivity contribution in [3.8, 4) is 17.1 Å². The maximum absolute atomic E-state index is 12.3. The molecule has 1 aliphatic heterocycles. The molecule has 3 aromatic rings. The van der Waals surface area contributed by atoms with Crippen LogP contribution in [0.25, 0.3) is 23.2 Å². The standard InChI is InChI=1S/C25H20O6/c1-3-29-24(26)18-6-4-16(5-7-18)22-13-12-21(30-22)14-19-15-23(31-25(19)27)17-8-10-20(28-2)11-9-17/h4-15H,3H2,1-2H3/b19-14+. The van der Waals surface area contributed by atoms with Crippen molar-refractivity contribution in [3.05, 3.63) is 89.2 Å². The van der Waals surface area contributed by atoms with Gasteiger partial charge < -0.3 is 18.6 Å². The lowest BCUT2D eigenvalue weighted by Crippen LogP contribution is -2.03. The van der Waals surface area contributed by atoms with Crippen LogP contribution < -0.4 is 4.74 Å². The third kappa shape index (κ3) is 4.43. The summed E-state index contributed by atoms with van der Waals surface area (Å²) in [5.41, 5.74) is 2.45. The van der Waals surface area contributed by atoms with E-state index in [2.05, 4.69) is 0 Å². The van der Waals surface area contributed by atoms with E-state index in [0.717, 1.165) is 16.9 Å². The molecule has 0 atom stereocenters. The fraction of sp³-hybridized carbons (Fsp3) is 0.120. The van der Waals surface area contributed by atoms with E-state index in [4.69, 9.17) is 18.6 Å². The number of hydrogen-bond acceptors (Lipinski definition) is 6. The van der Waals surface area contributed by atoms with Crippen molar-refractivity contribution in [1.29, 1.82) is 0 Å². The summed E-state index contributed by atoms with van der Waals surface area (Å²) < 4.78 is 21.4. The van der Waals surface area contributed by atoms with Gasteiger partial charge in [0.1, 0.15) is 23.0 Å². The topological polar surface area (TPSA) is 75.0 Å². The smallest absolute Gasteiger partial charge is 0.343 e. The third-order valence-electron chi connectivity index (χ3n) is 4.70. The van der Waals surface area contributed by atoms with Crippen LogP contribution in [0.1, 0.15) is 28.6 Å². The van der Waals surface area contributed by atoms with Crippen molar-refractivity contribution in [3.63, 3.8) is 0 Å². The molecule has 156 valence electrons. The molecule has 6 nitrogen and oxygen atoms in total. The number of methoxy groups -OCH3 is 1. The van der Waals surface area contributed by atoms with Crippen molar-refractivity contribution in [2.75, 3.05) is 13.7 Å². The van der Waals surface area contributed by atoms with Gasteiger partial charge in [0.15, 0.2) is 0 Å². The van der Waals surface area contributed by atoms with E-state index in [-0.39, 0.29) is 5.97 Å². The molecule has 0 spiro atoms. The fourth-order valence-electron chi connectivity index (χ4n) is 3.11. The zero-order chi connectivity index (χ0) is 21.8. The summed E-state index contributed by atoms with van der Waals surface area (Å²) in [4.78, 5) is 24.0. The molecule has 1 aromatic heterocycles. The monoisotopic (exact) mass is 416 g/mol. The molecule has 0 amide bonds. The number of carbonyl (C=O) groups excluding carboxylic acids is 2. The van der Waals surface area contributed by atoms with Crippen LogP contribution in [0.4, 0.5) is 0 Å². The summed E-state index contributed by atoms with van der Waals surface area (Å²) in [5.74, 6) is 1.53. The van der Waals surface area contributed by atoms with Crippen molar-refractivity contribution in [1.82, 2.24) is 0 Å². The molecule has 0 radical (unpaired) electrons. The van der Waals surface area contributed by atoms with Crippen LogP contribution in [-0.4, -0.2) is 25.7 Å². The summed E-state index contributed by atoms with van der Waals surface area (Å²) >= 11 is 0. The van der Waals surface area contributed by atoms with Gasteiger partial charge in [-0.25, -0.2) is 9.59 Å². The Bertz CT molecular complexity index is 1160. The Kier molecular flexibility index (Phi) is 5.71. The predicted octanol–water partition coefficient (Wildman–Crippen LogP) is 5.11. The van der Waals surface area contributed by atoms with Gasteiger partial charge in [0.05, 0.1) is 24.9 Å². The second-order valence-electron chi connectivity index (χ2n) is 6.73. The fourth-order valence-corrected chi connectivity index (χ4v) is 3.11. The van der Waals surface area contributed by atoms with Crippen LogP contribution in [0, 0.1) is 0 Å². The number of cyclic esters (lactones) is 1.